The van der Waals surface area contributed by atoms with E-state index in [1.165, 1.54) is 25.7 Å². The minimum atomic E-state index is 0.694. The highest BCUT2D eigenvalue weighted by molar-refractivity contribution is 5.12. The van der Waals surface area contributed by atoms with Crippen molar-refractivity contribution in [2.45, 2.75) is 39.5 Å². The molecule has 0 bridgehead atoms. The Bertz CT molecular complexity index is 178. The fraction of sp³-hybridized carbons (Fsp3) is 0.818. The first-order valence-electron chi connectivity index (χ1n) is 4.92. The molecule has 2 aliphatic rings. The van der Waals surface area contributed by atoms with Crippen molar-refractivity contribution in [2.24, 2.45) is 17.3 Å². The Balaban J connectivity index is 2.23. The maximum absolute atomic E-state index is 2.47. The standard InChI is InChI=1S/C11H18/c1-9(2)11-7-3-5-10(11)6-4-8-11/h3,5,9-10H,4,6-8H2,1-2H3/t10-,11+/m1/s1. The molecule has 0 spiro atoms. The quantitative estimate of drug-likeness (QED) is 0.503. The zero-order valence-corrected chi connectivity index (χ0v) is 7.64. The van der Waals surface area contributed by atoms with Crippen LogP contribution in [0.25, 0.3) is 0 Å². The first-order valence-corrected chi connectivity index (χ1v) is 4.92. The van der Waals surface area contributed by atoms with Gasteiger partial charge in [-0.15, -0.1) is 0 Å². The van der Waals surface area contributed by atoms with Gasteiger partial charge in [0.2, 0.25) is 0 Å². The van der Waals surface area contributed by atoms with Gasteiger partial charge in [0, 0.05) is 0 Å². The van der Waals surface area contributed by atoms with Crippen LogP contribution < -0.4 is 0 Å². The van der Waals surface area contributed by atoms with Gasteiger partial charge >= 0.3 is 0 Å². The van der Waals surface area contributed by atoms with Crippen LogP contribution in [0.15, 0.2) is 12.2 Å². The summed E-state index contributed by atoms with van der Waals surface area (Å²) in [6.45, 7) is 4.79. The van der Waals surface area contributed by atoms with E-state index in [0.29, 0.717) is 5.41 Å². The van der Waals surface area contributed by atoms with Crippen LogP contribution in [0.4, 0.5) is 0 Å². The molecule has 0 aromatic rings. The summed E-state index contributed by atoms with van der Waals surface area (Å²) < 4.78 is 0. The molecular formula is C11H18. The molecule has 11 heavy (non-hydrogen) atoms. The number of fused-ring (bicyclic) bond motifs is 1. The molecule has 0 saturated heterocycles. The second-order valence-corrected chi connectivity index (χ2v) is 4.52. The summed E-state index contributed by atoms with van der Waals surface area (Å²) in [5.74, 6) is 1.81. The molecule has 0 heteroatoms. The molecule has 1 fully saturated rings. The van der Waals surface area contributed by atoms with E-state index in [0.717, 1.165) is 11.8 Å². The summed E-state index contributed by atoms with van der Waals surface area (Å²) in [5.41, 5.74) is 0.694. The molecule has 62 valence electrons. The summed E-state index contributed by atoms with van der Waals surface area (Å²) >= 11 is 0. The predicted octanol–water partition coefficient (Wildman–Crippen LogP) is 3.39. The summed E-state index contributed by atoms with van der Waals surface area (Å²) in [7, 11) is 0. The minimum absolute atomic E-state index is 0.694. The number of hydrogen-bond acceptors (Lipinski definition) is 0. The van der Waals surface area contributed by atoms with Crippen LogP contribution >= 0.6 is 0 Å². The second kappa shape index (κ2) is 2.36. The van der Waals surface area contributed by atoms with E-state index >= 15 is 0 Å². The zero-order chi connectivity index (χ0) is 7.90. The fourth-order valence-electron chi connectivity index (χ4n) is 3.07. The molecule has 0 aromatic heterocycles. The van der Waals surface area contributed by atoms with Crippen LogP contribution in [0.2, 0.25) is 0 Å². The van der Waals surface area contributed by atoms with Crippen molar-refractivity contribution in [3.63, 3.8) is 0 Å². The second-order valence-electron chi connectivity index (χ2n) is 4.52. The fourth-order valence-corrected chi connectivity index (χ4v) is 3.07. The molecule has 0 aromatic carbocycles. The molecule has 2 aliphatic carbocycles. The Hall–Kier alpha value is -0.260. The Morgan fingerprint density at radius 2 is 2.27 bits per heavy atom. The molecule has 2 atom stereocenters. The van der Waals surface area contributed by atoms with E-state index < -0.39 is 0 Å². The van der Waals surface area contributed by atoms with Gasteiger partial charge in [-0.1, -0.05) is 32.4 Å². The van der Waals surface area contributed by atoms with E-state index in [2.05, 4.69) is 26.0 Å². The van der Waals surface area contributed by atoms with E-state index in [1.54, 1.807) is 0 Å². The van der Waals surface area contributed by atoms with Gasteiger partial charge in [0.25, 0.3) is 0 Å². The largest absolute Gasteiger partial charge is 0.0877 e. The number of hydrogen-bond donors (Lipinski definition) is 0. The van der Waals surface area contributed by atoms with Crippen molar-refractivity contribution in [3.05, 3.63) is 12.2 Å². The van der Waals surface area contributed by atoms with Crippen LogP contribution in [0.5, 0.6) is 0 Å². The molecule has 0 radical (unpaired) electrons. The van der Waals surface area contributed by atoms with Crippen LogP contribution in [-0.2, 0) is 0 Å². The normalized spacial score (nSPS) is 41.9. The highest BCUT2D eigenvalue weighted by atomic mass is 14.5. The van der Waals surface area contributed by atoms with Crippen molar-refractivity contribution >= 4 is 0 Å². The van der Waals surface area contributed by atoms with Gasteiger partial charge in [-0.2, -0.15) is 0 Å². The van der Waals surface area contributed by atoms with Gasteiger partial charge in [0.05, 0.1) is 0 Å². The van der Waals surface area contributed by atoms with E-state index in [-0.39, 0.29) is 0 Å². The molecular weight excluding hydrogens is 132 g/mol. The van der Waals surface area contributed by atoms with Gasteiger partial charge in [-0.25, -0.2) is 0 Å². The lowest BCUT2D eigenvalue weighted by molar-refractivity contribution is 0.169. The topological polar surface area (TPSA) is 0 Å². The molecule has 2 rings (SSSR count). The summed E-state index contributed by atoms with van der Waals surface area (Å²) in [6.07, 6.45) is 10.6. The Labute approximate surface area is 69.7 Å². The Kier molecular flexibility index (Phi) is 1.59. The zero-order valence-electron chi connectivity index (χ0n) is 7.64. The number of rotatable bonds is 1. The van der Waals surface area contributed by atoms with Crippen LogP contribution in [0.1, 0.15) is 39.5 Å². The first kappa shape index (κ1) is 7.39. The van der Waals surface area contributed by atoms with Gasteiger partial charge in [-0.05, 0) is 36.5 Å². The monoisotopic (exact) mass is 150 g/mol. The number of allylic oxidation sites excluding steroid dienone is 2. The average Bonchev–Trinajstić information content (AvgIpc) is 2.40. The molecule has 0 heterocycles. The molecule has 0 N–H and O–H groups in total. The van der Waals surface area contributed by atoms with Crippen LogP contribution in [0.3, 0.4) is 0 Å². The predicted molar refractivity (Wildman–Crippen MR) is 48.4 cm³/mol. The average molecular weight is 150 g/mol. The van der Waals surface area contributed by atoms with Gasteiger partial charge in [-0.3, -0.25) is 0 Å². The van der Waals surface area contributed by atoms with E-state index in [1.807, 2.05) is 0 Å². The third-order valence-electron chi connectivity index (χ3n) is 3.91. The maximum atomic E-state index is 2.47. The highest BCUT2D eigenvalue weighted by Gasteiger charge is 2.45. The third kappa shape index (κ3) is 0.881. The lowest BCUT2D eigenvalue weighted by atomic mass is 9.71. The van der Waals surface area contributed by atoms with Gasteiger partial charge < -0.3 is 0 Å². The summed E-state index contributed by atoms with van der Waals surface area (Å²) in [5, 5.41) is 0. The van der Waals surface area contributed by atoms with Crippen molar-refractivity contribution in [2.75, 3.05) is 0 Å². The Morgan fingerprint density at radius 1 is 1.45 bits per heavy atom. The van der Waals surface area contributed by atoms with Gasteiger partial charge in [0.15, 0.2) is 0 Å². The van der Waals surface area contributed by atoms with Crippen LogP contribution in [0, 0.1) is 17.3 Å². The van der Waals surface area contributed by atoms with Gasteiger partial charge in [0.1, 0.15) is 0 Å². The van der Waals surface area contributed by atoms with Crippen molar-refractivity contribution < 1.29 is 0 Å². The maximum Gasteiger partial charge on any atom is -0.0171 e. The van der Waals surface area contributed by atoms with Crippen molar-refractivity contribution in [1.29, 1.82) is 0 Å². The van der Waals surface area contributed by atoms with E-state index in [9.17, 15) is 0 Å². The van der Waals surface area contributed by atoms with E-state index in [4.69, 9.17) is 0 Å². The lowest BCUT2D eigenvalue weighted by Crippen LogP contribution is -2.26. The molecule has 0 aliphatic heterocycles. The smallest absolute Gasteiger partial charge is 0.0171 e. The Morgan fingerprint density at radius 3 is 2.91 bits per heavy atom. The molecule has 0 unspecified atom stereocenters. The van der Waals surface area contributed by atoms with Crippen molar-refractivity contribution in [1.82, 2.24) is 0 Å². The minimum Gasteiger partial charge on any atom is -0.0877 e. The van der Waals surface area contributed by atoms with Crippen LogP contribution in [-0.4, -0.2) is 0 Å². The summed E-state index contributed by atoms with van der Waals surface area (Å²) in [6, 6.07) is 0. The lowest BCUT2D eigenvalue weighted by Gasteiger charge is -2.34. The molecule has 0 amide bonds. The first-order chi connectivity index (χ1) is 5.26. The SMILES string of the molecule is CC(C)[C@@]12CC=C[C@@H]1CCC2. The molecule has 0 nitrogen and oxygen atoms in total. The molecule has 1 saturated carbocycles. The third-order valence-corrected chi connectivity index (χ3v) is 3.91. The summed E-state index contributed by atoms with van der Waals surface area (Å²) in [4.78, 5) is 0. The van der Waals surface area contributed by atoms with Crippen molar-refractivity contribution in [3.8, 4) is 0 Å². The highest BCUT2D eigenvalue weighted by Crippen LogP contribution is 2.55.